The van der Waals surface area contributed by atoms with Crippen molar-refractivity contribution in [1.29, 1.82) is 0 Å². The lowest BCUT2D eigenvalue weighted by Gasteiger charge is -2.31. The first-order valence-corrected chi connectivity index (χ1v) is 13.9. The zero-order valence-corrected chi connectivity index (χ0v) is 23.2. The third-order valence-corrected chi connectivity index (χ3v) is 8.71. The monoisotopic (exact) mass is 520 g/mol. The summed E-state index contributed by atoms with van der Waals surface area (Å²) in [5.74, 6) is 1.23. The van der Waals surface area contributed by atoms with Crippen LogP contribution in [0.5, 0.6) is 11.5 Å². The fraction of sp³-hybridized carbons (Fsp3) is 0.500. The Bertz CT molecular complexity index is 1110. The average molecular weight is 521 g/mol. The summed E-state index contributed by atoms with van der Waals surface area (Å²) in [5.41, 5.74) is -0.622. The Morgan fingerprint density at radius 3 is 2.06 bits per heavy atom. The van der Waals surface area contributed by atoms with Crippen molar-refractivity contribution < 1.29 is 22.7 Å². The van der Waals surface area contributed by atoms with E-state index < -0.39 is 27.8 Å². The number of carbonyl (C=O) groups is 1. The van der Waals surface area contributed by atoms with Crippen molar-refractivity contribution in [2.24, 2.45) is 0 Å². The van der Waals surface area contributed by atoms with Crippen LogP contribution in [-0.4, -0.2) is 65.5 Å². The molecule has 7 nitrogen and oxygen atoms in total. The second-order valence-electron chi connectivity index (χ2n) is 10.6. The Hall–Kier alpha value is -2.23. The van der Waals surface area contributed by atoms with E-state index in [0.29, 0.717) is 18.0 Å². The SMILES string of the molecule is CN([C@H]1CN(C(=O)OC(C)(C)C)C[C@@H]1SC(C)(C)C)S(=O)(=O)c1ccc(Oc2ccccc2)cc1. The predicted octanol–water partition coefficient (Wildman–Crippen LogP) is 5.62. The summed E-state index contributed by atoms with van der Waals surface area (Å²) in [6.45, 7) is 12.4. The van der Waals surface area contributed by atoms with E-state index in [1.165, 1.54) is 4.31 Å². The first kappa shape index (κ1) is 27.4. The molecule has 0 bridgehead atoms. The zero-order chi connectivity index (χ0) is 26.0. The van der Waals surface area contributed by atoms with Crippen LogP contribution in [0.15, 0.2) is 59.5 Å². The fourth-order valence-electron chi connectivity index (χ4n) is 3.80. The lowest BCUT2D eigenvalue weighted by molar-refractivity contribution is 0.0287. The second kappa shape index (κ2) is 10.4. The molecule has 1 amide bonds. The normalized spacial score (nSPS) is 19.1. The highest BCUT2D eigenvalue weighted by atomic mass is 32.2. The molecule has 2 atom stereocenters. The van der Waals surface area contributed by atoms with Gasteiger partial charge in [-0.25, -0.2) is 13.2 Å². The Balaban J connectivity index is 1.80. The Labute approximate surface area is 213 Å². The molecule has 1 aliphatic rings. The van der Waals surface area contributed by atoms with Crippen molar-refractivity contribution in [3.8, 4) is 11.5 Å². The van der Waals surface area contributed by atoms with Gasteiger partial charge in [-0.15, -0.1) is 11.8 Å². The zero-order valence-electron chi connectivity index (χ0n) is 21.5. The number of para-hydroxylation sites is 1. The van der Waals surface area contributed by atoms with Gasteiger partial charge in [0.25, 0.3) is 0 Å². The molecule has 0 radical (unpaired) electrons. The van der Waals surface area contributed by atoms with Gasteiger partial charge in [0.05, 0.1) is 10.9 Å². The van der Waals surface area contributed by atoms with E-state index >= 15 is 0 Å². The third-order valence-electron chi connectivity index (χ3n) is 5.34. The first-order chi connectivity index (χ1) is 16.2. The van der Waals surface area contributed by atoms with Gasteiger partial charge in [0, 0.05) is 30.1 Å². The fourth-order valence-corrected chi connectivity index (χ4v) is 6.85. The molecular formula is C26H36N2O5S2. The first-order valence-electron chi connectivity index (χ1n) is 11.6. The number of rotatable bonds is 6. The third kappa shape index (κ3) is 7.38. The maximum absolute atomic E-state index is 13.5. The summed E-state index contributed by atoms with van der Waals surface area (Å²) >= 11 is 1.68. The van der Waals surface area contributed by atoms with E-state index in [1.54, 1.807) is 48.0 Å². The smallest absolute Gasteiger partial charge is 0.410 e. The van der Waals surface area contributed by atoms with E-state index in [-0.39, 0.29) is 21.4 Å². The maximum atomic E-state index is 13.5. The number of amides is 1. The van der Waals surface area contributed by atoms with Crippen LogP contribution in [0.4, 0.5) is 4.79 Å². The van der Waals surface area contributed by atoms with Crippen molar-refractivity contribution in [3.63, 3.8) is 0 Å². The van der Waals surface area contributed by atoms with Crippen molar-refractivity contribution in [2.75, 3.05) is 20.1 Å². The molecule has 0 aliphatic carbocycles. The summed E-state index contributed by atoms with van der Waals surface area (Å²) in [5, 5.41) is -0.0945. The van der Waals surface area contributed by atoms with Crippen LogP contribution in [0, 0.1) is 0 Å². The topological polar surface area (TPSA) is 76.2 Å². The molecule has 35 heavy (non-hydrogen) atoms. The van der Waals surface area contributed by atoms with Gasteiger partial charge in [0.15, 0.2) is 0 Å². The number of sulfonamides is 1. The lowest BCUT2D eigenvalue weighted by atomic mass is 10.2. The molecular weight excluding hydrogens is 484 g/mol. The van der Waals surface area contributed by atoms with E-state index in [2.05, 4.69) is 20.8 Å². The van der Waals surface area contributed by atoms with E-state index in [1.807, 2.05) is 51.1 Å². The molecule has 1 fully saturated rings. The summed E-state index contributed by atoms with van der Waals surface area (Å²) in [6.07, 6.45) is -0.423. The Morgan fingerprint density at radius 2 is 1.51 bits per heavy atom. The summed E-state index contributed by atoms with van der Waals surface area (Å²) < 4.78 is 39.7. The van der Waals surface area contributed by atoms with Gasteiger partial charge in [-0.2, -0.15) is 4.31 Å². The van der Waals surface area contributed by atoms with Gasteiger partial charge in [-0.3, -0.25) is 0 Å². The van der Waals surface area contributed by atoms with Crippen LogP contribution >= 0.6 is 11.8 Å². The summed E-state index contributed by atoms with van der Waals surface area (Å²) in [7, 11) is -2.21. The van der Waals surface area contributed by atoms with Crippen LogP contribution in [0.1, 0.15) is 41.5 Å². The quantitative estimate of drug-likeness (QED) is 0.492. The summed E-state index contributed by atoms with van der Waals surface area (Å²) in [6, 6.07) is 15.3. The number of hydrogen-bond donors (Lipinski definition) is 0. The maximum Gasteiger partial charge on any atom is 0.410 e. The number of likely N-dealkylation sites (N-methyl/N-ethyl adjacent to an activating group) is 1. The van der Waals surface area contributed by atoms with Gasteiger partial charge >= 0.3 is 6.09 Å². The van der Waals surface area contributed by atoms with Crippen LogP contribution in [0.25, 0.3) is 0 Å². The highest BCUT2D eigenvalue weighted by Gasteiger charge is 2.44. The lowest BCUT2D eigenvalue weighted by Crippen LogP contribution is -2.44. The van der Waals surface area contributed by atoms with Gasteiger partial charge in [0.1, 0.15) is 17.1 Å². The van der Waals surface area contributed by atoms with Crippen LogP contribution in [0.3, 0.4) is 0 Å². The van der Waals surface area contributed by atoms with Gasteiger partial charge < -0.3 is 14.4 Å². The van der Waals surface area contributed by atoms with E-state index in [4.69, 9.17) is 9.47 Å². The number of ether oxygens (including phenoxy) is 2. The molecule has 3 rings (SSSR count). The molecule has 1 saturated heterocycles. The van der Waals surface area contributed by atoms with Crippen molar-refractivity contribution >= 4 is 27.9 Å². The van der Waals surface area contributed by atoms with Crippen LogP contribution in [-0.2, 0) is 14.8 Å². The second-order valence-corrected chi connectivity index (χ2v) is 14.7. The van der Waals surface area contributed by atoms with Gasteiger partial charge in [0.2, 0.25) is 10.0 Å². The molecule has 1 heterocycles. The molecule has 1 aliphatic heterocycles. The van der Waals surface area contributed by atoms with Crippen molar-refractivity contribution in [2.45, 2.75) is 68.1 Å². The molecule has 0 unspecified atom stereocenters. The molecule has 0 saturated carbocycles. The van der Waals surface area contributed by atoms with E-state index in [0.717, 1.165) is 0 Å². The molecule has 9 heteroatoms. The average Bonchev–Trinajstić information content (AvgIpc) is 3.15. The molecule has 192 valence electrons. The minimum atomic E-state index is -3.80. The minimum Gasteiger partial charge on any atom is -0.457 e. The van der Waals surface area contributed by atoms with Gasteiger partial charge in [-0.05, 0) is 57.2 Å². The predicted molar refractivity (Wildman–Crippen MR) is 141 cm³/mol. The highest BCUT2D eigenvalue weighted by Crippen LogP contribution is 2.37. The molecule has 0 N–H and O–H groups in total. The number of hydrogen-bond acceptors (Lipinski definition) is 6. The van der Waals surface area contributed by atoms with Crippen molar-refractivity contribution in [1.82, 2.24) is 9.21 Å². The Morgan fingerprint density at radius 1 is 0.943 bits per heavy atom. The Kier molecular flexibility index (Phi) is 8.13. The summed E-state index contributed by atoms with van der Waals surface area (Å²) in [4.78, 5) is 14.5. The highest BCUT2D eigenvalue weighted by molar-refractivity contribution is 8.01. The van der Waals surface area contributed by atoms with Gasteiger partial charge in [-0.1, -0.05) is 39.0 Å². The molecule has 2 aromatic carbocycles. The number of thioether (sulfide) groups is 1. The number of likely N-dealkylation sites (tertiary alicyclic amines) is 1. The van der Waals surface area contributed by atoms with Crippen LogP contribution < -0.4 is 4.74 Å². The number of nitrogens with zero attached hydrogens (tertiary/aromatic N) is 2. The molecule has 2 aromatic rings. The van der Waals surface area contributed by atoms with Crippen molar-refractivity contribution in [3.05, 3.63) is 54.6 Å². The molecule has 0 spiro atoms. The number of carbonyl (C=O) groups excluding carboxylic acids is 1. The standard InChI is InChI=1S/C26H36N2O5S2/c1-25(2,3)33-24(29)28-17-22(23(18-28)34-26(4,5)6)27(7)35(30,31)21-15-13-20(14-16-21)32-19-11-9-8-10-12-19/h8-16,22-23H,17-18H2,1-7H3/t22-,23-/m0/s1. The van der Waals surface area contributed by atoms with E-state index in [9.17, 15) is 13.2 Å². The number of benzene rings is 2. The molecule has 0 aromatic heterocycles. The minimum absolute atomic E-state index is 0.0945. The van der Waals surface area contributed by atoms with Crippen LogP contribution in [0.2, 0.25) is 0 Å². The largest absolute Gasteiger partial charge is 0.457 e.